The van der Waals surface area contributed by atoms with E-state index in [1.54, 1.807) is 5.56 Å². The summed E-state index contributed by atoms with van der Waals surface area (Å²) in [5.74, 6) is 1.91. The molecule has 2 nitrogen and oxygen atoms in total. The molecule has 1 aromatic rings. The average Bonchev–Trinajstić information content (AvgIpc) is 3.05. The number of hydrogen-bond donors (Lipinski definition) is 1. The lowest BCUT2D eigenvalue weighted by Gasteiger charge is -2.24. The van der Waals surface area contributed by atoms with Crippen molar-refractivity contribution in [2.45, 2.75) is 32.7 Å². The van der Waals surface area contributed by atoms with Crippen molar-refractivity contribution in [3.05, 3.63) is 29.3 Å². The molecule has 0 spiro atoms. The molecule has 0 saturated heterocycles. The van der Waals surface area contributed by atoms with E-state index in [9.17, 15) is 0 Å². The number of nitrogens with zero attached hydrogens (tertiary/aromatic N) is 1. The minimum absolute atomic E-state index is 0.952. The number of rotatable bonds is 4. The van der Waals surface area contributed by atoms with Gasteiger partial charge in [-0.1, -0.05) is 19.1 Å². The molecule has 2 unspecified atom stereocenters. The van der Waals surface area contributed by atoms with Gasteiger partial charge < -0.3 is 10.2 Å². The second-order valence-corrected chi connectivity index (χ2v) is 6.14. The highest BCUT2D eigenvalue weighted by molar-refractivity contribution is 5.56. The molecule has 0 aromatic heterocycles. The lowest BCUT2D eigenvalue weighted by Crippen LogP contribution is -2.23. The zero-order valence-corrected chi connectivity index (χ0v) is 11.6. The van der Waals surface area contributed by atoms with Crippen molar-refractivity contribution in [2.75, 3.05) is 25.5 Å². The highest BCUT2D eigenvalue weighted by atomic mass is 15.1. The van der Waals surface area contributed by atoms with Crippen molar-refractivity contribution in [1.29, 1.82) is 0 Å². The minimum atomic E-state index is 0.952. The topological polar surface area (TPSA) is 15.3 Å². The van der Waals surface area contributed by atoms with Crippen molar-refractivity contribution in [2.24, 2.45) is 11.8 Å². The van der Waals surface area contributed by atoms with E-state index in [1.807, 2.05) is 0 Å². The fourth-order valence-electron chi connectivity index (χ4n) is 3.14. The molecule has 1 aliphatic carbocycles. The molecule has 2 aliphatic rings. The first-order valence-corrected chi connectivity index (χ1v) is 7.27. The zero-order chi connectivity index (χ0) is 12.5. The van der Waals surface area contributed by atoms with E-state index in [0.717, 1.165) is 24.9 Å². The van der Waals surface area contributed by atoms with Crippen LogP contribution in [0.2, 0.25) is 0 Å². The van der Waals surface area contributed by atoms with Crippen LogP contribution >= 0.6 is 0 Å². The van der Waals surface area contributed by atoms with Gasteiger partial charge in [0, 0.05) is 25.3 Å². The van der Waals surface area contributed by atoms with Gasteiger partial charge in [-0.05, 0) is 55.3 Å². The van der Waals surface area contributed by atoms with E-state index < -0.39 is 0 Å². The Labute approximate surface area is 110 Å². The van der Waals surface area contributed by atoms with Crippen LogP contribution < -0.4 is 5.32 Å². The molecular weight excluding hydrogens is 220 g/mol. The summed E-state index contributed by atoms with van der Waals surface area (Å²) in [7, 11) is 2.26. The molecule has 98 valence electrons. The fraction of sp³-hybridized carbons (Fsp3) is 0.625. The van der Waals surface area contributed by atoms with Crippen molar-refractivity contribution < 1.29 is 0 Å². The predicted octanol–water partition coefficient (Wildman–Crippen LogP) is 3.13. The summed E-state index contributed by atoms with van der Waals surface area (Å²) in [6.07, 6.45) is 3.94. The van der Waals surface area contributed by atoms with E-state index in [2.05, 4.69) is 42.4 Å². The first-order valence-electron chi connectivity index (χ1n) is 7.27. The maximum atomic E-state index is 3.52. The van der Waals surface area contributed by atoms with Crippen LogP contribution in [-0.4, -0.2) is 25.0 Å². The van der Waals surface area contributed by atoms with Gasteiger partial charge >= 0.3 is 0 Å². The van der Waals surface area contributed by atoms with Crippen LogP contribution in [0.1, 0.15) is 30.9 Å². The largest absolute Gasteiger partial charge is 0.385 e. The monoisotopic (exact) mass is 244 g/mol. The van der Waals surface area contributed by atoms with Crippen molar-refractivity contribution in [1.82, 2.24) is 4.90 Å². The normalized spacial score (nSPS) is 25.7. The van der Waals surface area contributed by atoms with Gasteiger partial charge in [0.05, 0.1) is 0 Å². The maximum Gasteiger partial charge on any atom is 0.0375 e. The van der Waals surface area contributed by atoms with Gasteiger partial charge in [-0.2, -0.15) is 0 Å². The number of benzene rings is 1. The zero-order valence-electron chi connectivity index (χ0n) is 11.6. The Morgan fingerprint density at radius 3 is 3.00 bits per heavy atom. The Hall–Kier alpha value is -1.02. The van der Waals surface area contributed by atoms with E-state index in [4.69, 9.17) is 0 Å². The first-order chi connectivity index (χ1) is 8.74. The van der Waals surface area contributed by atoms with E-state index in [0.29, 0.717) is 0 Å². The van der Waals surface area contributed by atoms with Crippen molar-refractivity contribution in [3.63, 3.8) is 0 Å². The Morgan fingerprint density at radius 1 is 1.39 bits per heavy atom. The number of nitrogens with one attached hydrogen (secondary N) is 1. The van der Waals surface area contributed by atoms with Crippen LogP contribution in [0.25, 0.3) is 0 Å². The van der Waals surface area contributed by atoms with Gasteiger partial charge in [-0.15, -0.1) is 0 Å². The molecule has 2 atom stereocenters. The van der Waals surface area contributed by atoms with Gasteiger partial charge in [0.2, 0.25) is 0 Å². The standard InChI is InChI=1S/C16H24N2/c1-12-9-14(12)11-18(2)10-13-5-3-7-16-15(13)6-4-8-17-16/h3,5,7,12,14,17H,4,6,8-11H2,1-2H3. The molecule has 1 heterocycles. The van der Waals surface area contributed by atoms with Crippen LogP contribution in [0.5, 0.6) is 0 Å². The molecule has 0 bridgehead atoms. The Bertz CT molecular complexity index is 427. The second-order valence-electron chi connectivity index (χ2n) is 6.14. The number of fused-ring (bicyclic) bond motifs is 1. The van der Waals surface area contributed by atoms with Crippen LogP contribution in [0.3, 0.4) is 0 Å². The predicted molar refractivity (Wildman–Crippen MR) is 76.9 cm³/mol. The van der Waals surface area contributed by atoms with Crippen LogP contribution in [0.4, 0.5) is 5.69 Å². The summed E-state index contributed by atoms with van der Waals surface area (Å²) in [5.41, 5.74) is 4.45. The SMILES string of the molecule is CC1CC1CN(C)Cc1cccc2c1CCCN2. The van der Waals surface area contributed by atoms with Crippen molar-refractivity contribution >= 4 is 5.69 Å². The lowest BCUT2D eigenvalue weighted by molar-refractivity contribution is 0.306. The Morgan fingerprint density at radius 2 is 2.22 bits per heavy atom. The fourth-order valence-corrected chi connectivity index (χ4v) is 3.14. The van der Waals surface area contributed by atoms with E-state index >= 15 is 0 Å². The van der Waals surface area contributed by atoms with Gasteiger partial charge in [0.1, 0.15) is 0 Å². The van der Waals surface area contributed by atoms with Crippen LogP contribution in [0, 0.1) is 11.8 Å². The summed E-state index contributed by atoms with van der Waals surface area (Å²) in [6, 6.07) is 6.72. The van der Waals surface area contributed by atoms with E-state index in [-0.39, 0.29) is 0 Å². The maximum absolute atomic E-state index is 3.52. The summed E-state index contributed by atoms with van der Waals surface area (Å²) in [6.45, 7) is 5.87. The molecule has 1 N–H and O–H groups in total. The van der Waals surface area contributed by atoms with Gasteiger partial charge in [0.15, 0.2) is 0 Å². The average molecular weight is 244 g/mol. The lowest BCUT2D eigenvalue weighted by atomic mass is 9.97. The van der Waals surface area contributed by atoms with Crippen LogP contribution in [0.15, 0.2) is 18.2 Å². The van der Waals surface area contributed by atoms with Gasteiger partial charge in [0.25, 0.3) is 0 Å². The smallest absolute Gasteiger partial charge is 0.0375 e. The van der Waals surface area contributed by atoms with Crippen LogP contribution in [-0.2, 0) is 13.0 Å². The third kappa shape index (κ3) is 2.54. The minimum Gasteiger partial charge on any atom is -0.385 e. The highest BCUT2D eigenvalue weighted by Crippen LogP contribution is 2.38. The molecule has 18 heavy (non-hydrogen) atoms. The molecule has 1 saturated carbocycles. The summed E-state index contributed by atoms with van der Waals surface area (Å²) < 4.78 is 0. The molecule has 1 fully saturated rings. The summed E-state index contributed by atoms with van der Waals surface area (Å²) >= 11 is 0. The molecule has 0 radical (unpaired) electrons. The summed E-state index contributed by atoms with van der Waals surface area (Å²) in [5, 5.41) is 3.52. The number of hydrogen-bond acceptors (Lipinski definition) is 2. The third-order valence-corrected chi connectivity index (χ3v) is 4.45. The highest BCUT2D eigenvalue weighted by Gasteiger charge is 2.33. The number of anilines is 1. The molecule has 1 aliphatic heterocycles. The quantitative estimate of drug-likeness (QED) is 0.875. The third-order valence-electron chi connectivity index (χ3n) is 4.45. The van der Waals surface area contributed by atoms with Gasteiger partial charge in [-0.3, -0.25) is 0 Å². The molecular formula is C16H24N2. The Kier molecular flexibility index (Phi) is 3.29. The van der Waals surface area contributed by atoms with Crippen molar-refractivity contribution in [3.8, 4) is 0 Å². The molecule has 3 rings (SSSR count). The first kappa shape index (κ1) is 12.0. The van der Waals surface area contributed by atoms with Gasteiger partial charge in [-0.25, -0.2) is 0 Å². The van der Waals surface area contributed by atoms with E-state index in [1.165, 1.54) is 37.1 Å². The molecule has 2 heteroatoms. The second kappa shape index (κ2) is 4.93. The Balaban J connectivity index is 1.68. The molecule has 1 aromatic carbocycles. The summed E-state index contributed by atoms with van der Waals surface area (Å²) in [4.78, 5) is 2.50. The molecule has 0 amide bonds.